The minimum atomic E-state index is -0.0748. The normalized spacial score (nSPS) is 21.2. The Kier molecular flexibility index (Phi) is 4.93. The third kappa shape index (κ3) is 3.67. The van der Waals surface area contributed by atoms with Crippen LogP contribution in [0.3, 0.4) is 0 Å². The van der Waals surface area contributed by atoms with Gasteiger partial charge in [0, 0.05) is 44.5 Å². The number of hydrogen-bond donors (Lipinski definition) is 1. The van der Waals surface area contributed by atoms with Gasteiger partial charge in [-0.2, -0.15) is 0 Å². The molecule has 0 saturated carbocycles. The summed E-state index contributed by atoms with van der Waals surface area (Å²) in [6, 6.07) is 5.87. The summed E-state index contributed by atoms with van der Waals surface area (Å²) in [6.07, 6.45) is 3.91. The van der Waals surface area contributed by atoms with Gasteiger partial charge in [0.1, 0.15) is 17.4 Å². The number of rotatable bonds is 3. The molecular formula is C20H26N6O2. The van der Waals surface area contributed by atoms with Crippen LogP contribution in [-0.2, 0) is 0 Å². The number of aliphatic imine (C=N–C) groups is 2. The van der Waals surface area contributed by atoms with Gasteiger partial charge >= 0.3 is 6.03 Å². The van der Waals surface area contributed by atoms with E-state index < -0.39 is 0 Å². The molecule has 0 aliphatic carbocycles. The molecule has 1 atom stereocenters. The van der Waals surface area contributed by atoms with Crippen LogP contribution in [0.25, 0.3) is 0 Å². The molecule has 1 saturated heterocycles. The highest BCUT2D eigenvalue weighted by Crippen LogP contribution is 2.22. The van der Waals surface area contributed by atoms with E-state index >= 15 is 0 Å². The minimum Gasteiger partial charge on any atom is -0.497 e. The zero-order valence-electron chi connectivity index (χ0n) is 16.6. The molecule has 0 radical (unpaired) electrons. The van der Waals surface area contributed by atoms with Crippen LogP contribution in [-0.4, -0.2) is 78.8 Å². The first-order valence-corrected chi connectivity index (χ1v) is 9.59. The SMILES string of the molecule is COc1ccc(NC(=O)N2CCN(C3=CC4=N[C@@H](C)CN4C=N3)CC2)c(C)c1. The molecular weight excluding hydrogens is 356 g/mol. The number of fused-ring (bicyclic) bond motifs is 1. The number of piperazine rings is 1. The molecule has 3 aliphatic rings. The van der Waals surface area contributed by atoms with E-state index in [-0.39, 0.29) is 6.03 Å². The van der Waals surface area contributed by atoms with Crippen molar-refractivity contribution in [1.29, 1.82) is 0 Å². The van der Waals surface area contributed by atoms with E-state index in [0.29, 0.717) is 19.1 Å². The van der Waals surface area contributed by atoms with Gasteiger partial charge in [0.2, 0.25) is 0 Å². The molecule has 1 aromatic carbocycles. The van der Waals surface area contributed by atoms with E-state index in [1.54, 1.807) is 7.11 Å². The molecule has 0 aromatic heterocycles. The second-order valence-electron chi connectivity index (χ2n) is 7.32. The van der Waals surface area contributed by atoms with Crippen molar-refractivity contribution in [3.05, 3.63) is 35.7 Å². The Morgan fingerprint density at radius 1 is 1.25 bits per heavy atom. The fourth-order valence-electron chi connectivity index (χ4n) is 3.64. The van der Waals surface area contributed by atoms with Crippen LogP contribution in [0.2, 0.25) is 0 Å². The lowest BCUT2D eigenvalue weighted by molar-refractivity contribution is 0.167. The highest BCUT2D eigenvalue weighted by atomic mass is 16.5. The lowest BCUT2D eigenvalue weighted by Crippen LogP contribution is -2.50. The molecule has 4 rings (SSSR count). The third-order valence-electron chi connectivity index (χ3n) is 5.26. The summed E-state index contributed by atoms with van der Waals surface area (Å²) >= 11 is 0. The van der Waals surface area contributed by atoms with E-state index in [0.717, 1.165) is 48.3 Å². The molecule has 0 bridgehead atoms. The Bertz CT molecular complexity index is 854. The van der Waals surface area contributed by atoms with Gasteiger partial charge in [-0.1, -0.05) is 0 Å². The van der Waals surface area contributed by atoms with Crippen molar-refractivity contribution in [3.8, 4) is 5.75 Å². The fourth-order valence-corrected chi connectivity index (χ4v) is 3.64. The Balaban J connectivity index is 1.34. The number of hydrogen-bond acceptors (Lipinski definition) is 6. The molecule has 8 nitrogen and oxygen atoms in total. The Morgan fingerprint density at radius 3 is 2.75 bits per heavy atom. The smallest absolute Gasteiger partial charge is 0.321 e. The van der Waals surface area contributed by atoms with Gasteiger partial charge in [0.05, 0.1) is 19.5 Å². The lowest BCUT2D eigenvalue weighted by atomic mass is 10.2. The molecule has 1 N–H and O–H groups in total. The number of urea groups is 1. The van der Waals surface area contributed by atoms with Crippen molar-refractivity contribution in [2.24, 2.45) is 9.98 Å². The van der Waals surface area contributed by atoms with Crippen molar-refractivity contribution in [1.82, 2.24) is 14.7 Å². The van der Waals surface area contributed by atoms with Crippen LogP contribution in [0.1, 0.15) is 12.5 Å². The van der Waals surface area contributed by atoms with Crippen LogP contribution >= 0.6 is 0 Å². The molecule has 148 valence electrons. The molecule has 0 spiro atoms. The summed E-state index contributed by atoms with van der Waals surface area (Å²) in [5.41, 5.74) is 1.78. The van der Waals surface area contributed by atoms with Gasteiger partial charge in [-0.15, -0.1) is 0 Å². The molecule has 28 heavy (non-hydrogen) atoms. The number of ether oxygens (including phenoxy) is 1. The van der Waals surface area contributed by atoms with Crippen molar-refractivity contribution in [3.63, 3.8) is 0 Å². The van der Waals surface area contributed by atoms with Crippen molar-refractivity contribution >= 4 is 23.9 Å². The number of aryl methyl sites for hydroxylation is 1. The second kappa shape index (κ2) is 7.53. The number of nitrogens with one attached hydrogen (secondary N) is 1. The first kappa shape index (κ1) is 18.3. The maximum Gasteiger partial charge on any atom is 0.321 e. The topological polar surface area (TPSA) is 72.8 Å². The minimum absolute atomic E-state index is 0.0748. The van der Waals surface area contributed by atoms with Crippen molar-refractivity contribution in [2.45, 2.75) is 19.9 Å². The monoisotopic (exact) mass is 382 g/mol. The van der Waals surface area contributed by atoms with Crippen molar-refractivity contribution < 1.29 is 9.53 Å². The van der Waals surface area contributed by atoms with Gasteiger partial charge in [-0.3, -0.25) is 4.99 Å². The number of carbonyl (C=O) groups is 1. The maximum atomic E-state index is 12.6. The Morgan fingerprint density at radius 2 is 2.04 bits per heavy atom. The maximum absolute atomic E-state index is 12.6. The summed E-state index contributed by atoms with van der Waals surface area (Å²) in [4.78, 5) is 28.0. The van der Waals surface area contributed by atoms with Gasteiger partial charge < -0.3 is 24.8 Å². The van der Waals surface area contributed by atoms with E-state index in [1.807, 2.05) is 42.4 Å². The summed E-state index contributed by atoms with van der Waals surface area (Å²) in [5, 5.41) is 3.00. The van der Waals surface area contributed by atoms with E-state index in [1.165, 1.54) is 0 Å². The fraction of sp³-hybridized carbons (Fsp3) is 0.450. The van der Waals surface area contributed by atoms with Crippen molar-refractivity contribution in [2.75, 3.05) is 45.2 Å². The number of carbonyl (C=O) groups excluding carboxylic acids is 1. The Hall–Kier alpha value is -3.03. The summed E-state index contributed by atoms with van der Waals surface area (Å²) < 4.78 is 5.22. The predicted octanol–water partition coefficient (Wildman–Crippen LogP) is 2.14. The molecule has 3 aliphatic heterocycles. The standard InChI is InChI=1S/C20H26N6O2/c1-14-10-16(28-3)4-5-17(14)23-20(27)25-8-6-24(7-9-25)18-11-19-22-15(2)12-26(19)13-21-18/h4-5,10-11,13,15H,6-9,12H2,1-3H3,(H,23,27)/t15-/m0/s1. The quantitative estimate of drug-likeness (QED) is 0.869. The molecule has 1 aromatic rings. The lowest BCUT2D eigenvalue weighted by Gasteiger charge is -2.36. The van der Waals surface area contributed by atoms with E-state index in [4.69, 9.17) is 4.74 Å². The summed E-state index contributed by atoms with van der Waals surface area (Å²) in [6.45, 7) is 7.76. The molecule has 3 heterocycles. The van der Waals surface area contributed by atoms with Crippen LogP contribution < -0.4 is 10.1 Å². The number of amides is 2. The van der Waals surface area contributed by atoms with E-state index in [2.05, 4.69) is 32.0 Å². The van der Waals surface area contributed by atoms with Crippen LogP contribution in [0, 0.1) is 6.92 Å². The average Bonchev–Trinajstić information content (AvgIpc) is 3.08. The first-order chi connectivity index (χ1) is 13.5. The summed E-state index contributed by atoms with van der Waals surface area (Å²) in [7, 11) is 1.63. The number of benzene rings is 1. The summed E-state index contributed by atoms with van der Waals surface area (Å²) in [5.74, 6) is 2.69. The van der Waals surface area contributed by atoms with Crippen LogP contribution in [0.15, 0.2) is 40.1 Å². The third-order valence-corrected chi connectivity index (χ3v) is 5.26. The zero-order valence-corrected chi connectivity index (χ0v) is 16.6. The molecule has 1 fully saturated rings. The Labute approximate surface area is 165 Å². The van der Waals surface area contributed by atoms with Crippen LogP contribution in [0.4, 0.5) is 10.5 Å². The second-order valence-corrected chi connectivity index (χ2v) is 7.32. The largest absolute Gasteiger partial charge is 0.497 e. The highest BCUT2D eigenvalue weighted by Gasteiger charge is 2.27. The molecule has 0 unspecified atom stereocenters. The molecule has 8 heteroatoms. The average molecular weight is 382 g/mol. The van der Waals surface area contributed by atoms with Gasteiger partial charge in [0.15, 0.2) is 0 Å². The predicted molar refractivity (Wildman–Crippen MR) is 110 cm³/mol. The van der Waals surface area contributed by atoms with Gasteiger partial charge in [-0.25, -0.2) is 9.79 Å². The number of anilines is 1. The zero-order chi connectivity index (χ0) is 19.7. The van der Waals surface area contributed by atoms with Gasteiger partial charge in [-0.05, 0) is 37.6 Å². The number of amidine groups is 1. The number of methoxy groups -OCH3 is 1. The first-order valence-electron chi connectivity index (χ1n) is 9.59. The van der Waals surface area contributed by atoms with Crippen LogP contribution in [0.5, 0.6) is 5.75 Å². The van der Waals surface area contributed by atoms with E-state index in [9.17, 15) is 4.79 Å². The highest BCUT2D eigenvalue weighted by molar-refractivity contribution is 6.03. The molecule has 2 amide bonds. The van der Waals surface area contributed by atoms with Gasteiger partial charge in [0.25, 0.3) is 0 Å². The number of nitrogens with zero attached hydrogens (tertiary/aromatic N) is 5.